The van der Waals surface area contributed by atoms with Crippen molar-refractivity contribution in [2.75, 3.05) is 19.6 Å². The molecule has 0 aliphatic carbocycles. The molecule has 0 amide bonds. The minimum absolute atomic E-state index is 0.664. The predicted molar refractivity (Wildman–Crippen MR) is 85.1 cm³/mol. The molecule has 0 spiro atoms. The van der Waals surface area contributed by atoms with Gasteiger partial charge in [-0.05, 0) is 58.5 Å². The number of piperidine rings is 1. The molecule has 0 aromatic rings. The van der Waals surface area contributed by atoms with Crippen molar-refractivity contribution in [2.24, 2.45) is 0 Å². The first kappa shape index (κ1) is 14.8. The lowest BCUT2D eigenvalue weighted by atomic mass is 9.97. The third-order valence-electron chi connectivity index (χ3n) is 5.66. The van der Waals surface area contributed by atoms with Gasteiger partial charge in [0.1, 0.15) is 0 Å². The Morgan fingerprint density at radius 1 is 1.05 bits per heavy atom. The Balaban J connectivity index is 1.44. The highest BCUT2D eigenvalue weighted by Gasteiger charge is 2.35. The Hall–Kier alpha value is -0.120. The highest BCUT2D eigenvalue weighted by atomic mass is 15.2. The van der Waals surface area contributed by atoms with Crippen LogP contribution in [0.25, 0.3) is 0 Å². The van der Waals surface area contributed by atoms with E-state index in [1.807, 2.05) is 0 Å². The summed E-state index contributed by atoms with van der Waals surface area (Å²) >= 11 is 0. The van der Waals surface area contributed by atoms with Gasteiger partial charge in [-0.15, -0.1) is 0 Å². The van der Waals surface area contributed by atoms with Gasteiger partial charge in [0, 0.05) is 30.7 Å². The highest BCUT2D eigenvalue weighted by molar-refractivity contribution is 4.95. The largest absolute Gasteiger partial charge is 0.314 e. The van der Waals surface area contributed by atoms with E-state index in [0.717, 1.165) is 18.1 Å². The van der Waals surface area contributed by atoms with Gasteiger partial charge < -0.3 is 10.6 Å². The summed E-state index contributed by atoms with van der Waals surface area (Å²) in [5.74, 6) is 0. The first-order chi connectivity index (χ1) is 9.83. The Morgan fingerprint density at radius 2 is 1.95 bits per heavy atom. The molecule has 0 saturated carbocycles. The van der Waals surface area contributed by atoms with E-state index in [4.69, 9.17) is 0 Å². The van der Waals surface area contributed by atoms with E-state index in [0.29, 0.717) is 6.04 Å². The van der Waals surface area contributed by atoms with Crippen LogP contribution in [0.2, 0.25) is 0 Å². The topological polar surface area (TPSA) is 27.3 Å². The van der Waals surface area contributed by atoms with Crippen molar-refractivity contribution in [3.8, 4) is 0 Å². The molecule has 3 rings (SSSR count). The summed E-state index contributed by atoms with van der Waals surface area (Å²) in [4.78, 5) is 2.73. The molecule has 3 saturated heterocycles. The maximum atomic E-state index is 3.96. The Bertz CT molecular complexity index is 286. The summed E-state index contributed by atoms with van der Waals surface area (Å²) in [5, 5.41) is 7.71. The number of rotatable bonds is 4. The molecular weight excluding hydrogens is 246 g/mol. The van der Waals surface area contributed by atoms with E-state index in [2.05, 4.69) is 22.5 Å². The standard InChI is InChI=1S/C17H33N3/c1-14(13-15-7-3-2-5-10-18-15)19-16-9-12-20-11-6-4-8-17(16)20/h14-19H,2-13H2,1H3. The molecule has 4 unspecified atom stereocenters. The smallest absolute Gasteiger partial charge is 0.0249 e. The fraction of sp³-hybridized carbons (Fsp3) is 1.00. The van der Waals surface area contributed by atoms with Gasteiger partial charge in [-0.25, -0.2) is 0 Å². The van der Waals surface area contributed by atoms with Crippen molar-refractivity contribution < 1.29 is 0 Å². The zero-order chi connectivity index (χ0) is 13.8. The van der Waals surface area contributed by atoms with Crippen LogP contribution in [0.5, 0.6) is 0 Å². The number of nitrogens with one attached hydrogen (secondary N) is 2. The third-order valence-corrected chi connectivity index (χ3v) is 5.66. The fourth-order valence-corrected chi connectivity index (χ4v) is 4.60. The summed E-state index contributed by atoms with van der Waals surface area (Å²) < 4.78 is 0. The lowest BCUT2D eigenvalue weighted by molar-refractivity contribution is 0.175. The maximum absolute atomic E-state index is 3.96. The van der Waals surface area contributed by atoms with Crippen molar-refractivity contribution in [3.63, 3.8) is 0 Å². The SMILES string of the molecule is CC(CC1CCCCCN1)NC1CCN2CCCCC12. The van der Waals surface area contributed by atoms with Gasteiger partial charge in [0.15, 0.2) is 0 Å². The fourth-order valence-electron chi connectivity index (χ4n) is 4.60. The third kappa shape index (κ3) is 3.75. The molecule has 3 heteroatoms. The molecule has 2 N–H and O–H groups in total. The first-order valence-electron chi connectivity index (χ1n) is 9.06. The maximum Gasteiger partial charge on any atom is 0.0249 e. The molecule has 3 aliphatic heterocycles. The quantitative estimate of drug-likeness (QED) is 0.828. The molecule has 116 valence electrons. The van der Waals surface area contributed by atoms with Crippen LogP contribution in [0.1, 0.15) is 64.7 Å². The van der Waals surface area contributed by atoms with E-state index in [1.165, 1.54) is 77.4 Å². The van der Waals surface area contributed by atoms with Crippen molar-refractivity contribution >= 4 is 0 Å². The average Bonchev–Trinajstić information content (AvgIpc) is 2.68. The second kappa shape index (κ2) is 7.24. The van der Waals surface area contributed by atoms with E-state index in [-0.39, 0.29) is 0 Å². The normalized spacial score (nSPS) is 37.4. The van der Waals surface area contributed by atoms with Crippen molar-refractivity contribution in [1.82, 2.24) is 15.5 Å². The lowest BCUT2D eigenvalue weighted by Crippen LogP contribution is -2.48. The number of hydrogen-bond donors (Lipinski definition) is 2. The number of nitrogens with zero attached hydrogens (tertiary/aromatic N) is 1. The van der Waals surface area contributed by atoms with Crippen LogP contribution in [-0.4, -0.2) is 48.7 Å². The summed E-state index contributed by atoms with van der Waals surface area (Å²) in [6, 6.07) is 3.02. The van der Waals surface area contributed by atoms with E-state index in [9.17, 15) is 0 Å². The average molecular weight is 279 g/mol. The van der Waals surface area contributed by atoms with Gasteiger partial charge in [-0.1, -0.05) is 19.3 Å². The summed E-state index contributed by atoms with van der Waals surface area (Å²) in [6.45, 7) is 6.31. The highest BCUT2D eigenvalue weighted by Crippen LogP contribution is 2.27. The molecule has 3 nitrogen and oxygen atoms in total. The van der Waals surface area contributed by atoms with Crippen molar-refractivity contribution in [2.45, 2.75) is 88.9 Å². The van der Waals surface area contributed by atoms with Crippen LogP contribution in [0, 0.1) is 0 Å². The van der Waals surface area contributed by atoms with Gasteiger partial charge in [0.25, 0.3) is 0 Å². The van der Waals surface area contributed by atoms with E-state index in [1.54, 1.807) is 0 Å². The van der Waals surface area contributed by atoms with Gasteiger partial charge >= 0.3 is 0 Å². The number of hydrogen-bond acceptors (Lipinski definition) is 3. The molecular formula is C17H33N3. The molecule has 20 heavy (non-hydrogen) atoms. The zero-order valence-electron chi connectivity index (χ0n) is 13.2. The molecule has 0 radical (unpaired) electrons. The molecule has 3 heterocycles. The van der Waals surface area contributed by atoms with Gasteiger partial charge in [0.2, 0.25) is 0 Å². The minimum Gasteiger partial charge on any atom is -0.314 e. The van der Waals surface area contributed by atoms with Crippen LogP contribution in [-0.2, 0) is 0 Å². The summed E-state index contributed by atoms with van der Waals surface area (Å²) in [7, 11) is 0. The summed E-state index contributed by atoms with van der Waals surface area (Å²) in [5.41, 5.74) is 0. The van der Waals surface area contributed by atoms with Crippen LogP contribution in [0.3, 0.4) is 0 Å². The van der Waals surface area contributed by atoms with Crippen molar-refractivity contribution in [3.05, 3.63) is 0 Å². The van der Waals surface area contributed by atoms with Gasteiger partial charge in [0.05, 0.1) is 0 Å². The van der Waals surface area contributed by atoms with Gasteiger partial charge in [-0.3, -0.25) is 4.90 Å². The minimum atomic E-state index is 0.664. The predicted octanol–water partition coefficient (Wildman–Crippen LogP) is 2.51. The lowest BCUT2D eigenvalue weighted by Gasteiger charge is -2.34. The van der Waals surface area contributed by atoms with Gasteiger partial charge in [-0.2, -0.15) is 0 Å². The van der Waals surface area contributed by atoms with Crippen LogP contribution < -0.4 is 10.6 Å². The zero-order valence-corrected chi connectivity index (χ0v) is 13.2. The first-order valence-corrected chi connectivity index (χ1v) is 9.06. The molecule has 3 fully saturated rings. The number of fused-ring (bicyclic) bond motifs is 1. The van der Waals surface area contributed by atoms with E-state index < -0.39 is 0 Å². The van der Waals surface area contributed by atoms with Crippen LogP contribution >= 0.6 is 0 Å². The molecule has 3 aliphatic rings. The molecule has 0 aromatic carbocycles. The molecule has 0 bridgehead atoms. The second-order valence-electron chi connectivity index (χ2n) is 7.30. The molecule has 4 atom stereocenters. The second-order valence-corrected chi connectivity index (χ2v) is 7.30. The van der Waals surface area contributed by atoms with Crippen LogP contribution in [0.4, 0.5) is 0 Å². The van der Waals surface area contributed by atoms with E-state index >= 15 is 0 Å². The Morgan fingerprint density at radius 3 is 2.90 bits per heavy atom. The van der Waals surface area contributed by atoms with Crippen molar-refractivity contribution in [1.29, 1.82) is 0 Å². The molecule has 0 aromatic heterocycles. The van der Waals surface area contributed by atoms with Crippen LogP contribution in [0.15, 0.2) is 0 Å². The monoisotopic (exact) mass is 279 g/mol. The Kier molecular flexibility index (Phi) is 5.36. The Labute approximate surface area is 124 Å². The summed E-state index contributed by atoms with van der Waals surface area (Å²) in [6.07, 6.45) is 12.6.